The molecule has 0 aliphatic heterocycles. The van der Waals surface area contributed by atoms with Crippen LogP contribution in [0.1, 0.15) is 24.0 Å². The first-order valence-electron chi connectivity index (χ1n) is 28.0. The fourth-order valence-corrected chi connectivity index (χ4v) is 13.5. The van der Waals surface area contributed by atoms with Crippen LogP contribution >= 0.6 is 0 Å². The second-order valence-corrected chi connectivity index (χ2v) is 21.3. The molecule has 0 heteroatoms. The molecule has 0 saturated heterocycles. The van der Waals surface area contributed by atoms with E-state index in [1.54, 1.807) is 0 Å². The van der Waals surface area contributed by atoms with E-state index in [9.17, 15) is 0 Å². The van der Waals surface area contributed by atoms with Gasteiger partial charge in [-0.15, -0.1) is 0 Å². The van der Waals surface area contributed by atoms with Gasteiger partial charge in [-0.3, -0.25) is 0 Å². The summed E-state index contributed by atoms with van der Waals surface area (Å²) in [7, 11) is 0. The van der Waals surface area contributed by atoms with E-state index >= 15 is 0 Å². The smallest absolute Gasteiger partial charge is 0.00137 e. The molecule has 0 nitrogen and oxygen atoms in total. The maximum absolute atomic E-state index is 4.40. The summed E-state index contributed by atoms with van der Waals surface area (Å²) < 4.78 is 0. The molecule has 374 valence electrons. The highest BCUT2D eigenvalue weighted by Gasteiger charge is 2.27. The maximum atomic E-state index is 4.40. The summed E-state index contributed by atoms with van der Waals surface area (Å²) >= 11 is 0. The molecule has 15 rings (SSSR count). The second-order valence-electron chi connectivity index (χ2n) is 21.3. The minimum atomic E-state index is 1.02. The zero-order valence-corrected chi connectivity index (χ0v) is 44.4. The van der Waals surface area contributed by atoms with Gasteiger partial charge < -0.3 is 0 Å². The molecular formula is C80H54. The molecule has 0 radical (unpaired) electrons. The van der Waals surface area contributed by atoms with Crippen molar-refractivity contribution in [2.24, 2.45) is 0 Å². The number of rotatable bonds is 11. The van der Waals surface area contributed by atoms with Gasteiger partial charge in [0.2, 0.25) is 0 Å². The van der Waals surface area contributed by atoms with Crippen LogP contribution in [0.25, 0.3) is 154 Å². The zero-order chi connectivity index (χ0) is 53.3. The van der Waals surface area contributed by atoms with Crippen LogP contribution in [-0.4, -0.2) is 0 Å². The molecule has 0 bridgehead atoms. The van der Waals surface area contributed by atoms with Gasteiger partial charge in [0.25, 0.3) is 0 Å². The minimum Gasteiger partial charge on any atom is -0.0990 e. The molecule has 0 N–H and O–H groups in total. The quantitative estimate of drug-likeness (QED) is 0.0895. The van der Waals surface area contributed by atoms with Crippen LogP contribution in [-0.2, 0) is 0 Å². The monoisotopic (exact) mass is 1010 g/mol. The van der Waals surface area contributed by atoms with Gasteiger partial charge >= 0.3 is 0 Å². The SMILES string of the molecule is C=C/C=C(\C=C)c1cc(-c2ccccc2-c2ccccc2)c2cc(-c3cc4c(-c5ccccc5-c5ccccc5)cc(-c5ccccc5)c5ccc6c(-c7ccccc7)ccc3c6c54)c3ccc(C4=CCCC=C4)c4ccc1c2c43. The van der Waals surface area contributed by atoms with Crippen LogP contribution in [0.2, 0.25) is 0 Å². The van der Waals surface area contributed by atoms with E-state index in [0.29, 0.717) is 0 Å². The third-order valence-corrected chi connectivity index (χ3v) is 17.0. The van der Waals surface area contributed by atoms with E-state index < -0.39 is 0 Å². The maximum Gasteiger partial charge on any atom is -0.00137 e. The Morgan fingerprint density at radius 3 is 1.20 bits per heavy atom. The van der Waals surface area contributed by atoms with E-state index in [4.69, 9.17) is 0 Å². The van der Waals surface area contributed by atoms with Gasteiger partial charge in [0.15, 0.2) is 0 Å². The molecule has 1 aliphatic carbocycles. The van der Waals surface area contributed by atoms with E-state index in [0.717, 1.165) is 24.0 Å². The highest BCUT2D eigenvalue weighted by molar-refractivity contribution is 6.36. The van der Waals surface area contributed by atoms with Crippen molar-refractivity contribution in [1.82, 2.24) is 0 Å². The molecule has 0 fully saturated rings. The normalized spacial score (nSPS) is 12.8. The molecule has 0 amide bonds. The van der Waals surface area contributed by atoms with Crippen LogP contribution in [0.3, 0.4) is 0 Å². The average Bonchev–Trinajstić information content (AvgIpc) is 3.62. The van der Waals surface area contributed by atoms with E-state index in [-0.39, 0.29) is 0 Å². The molecule has 80 heavy (non-hydrogen) atoms. The topological polar surface area (TPSA) is 0 Å². The molecule has 0 aromatic heterocycles. The lowest BCUT2D eigenvalue weighted by Gasteiger charge is -2.25. The first-order valence-corrected chi connectivity index (χ1v) is 28.0. The first-order chi connectivity index (χ1) is 39.6. The highest BCUT2D eigenvalue weighted by Crippen LogP contribution is 2.54. The fraction of sp³-hybridized carbons (Fsp3) is 0.0250. The van der Waals surface area contributed by atoms with Crippen molar-refractivity contribution in [3.8, 4) is 77.9 Å². The Kier molecular flexibility index (Phi) is 11.4. The lowest BCUT2D eigenvalue weighted by Crippen LogP contribution is -1.98. The third-order valence-electron chi connectivity index (χ3n) is 17.0. The second kappa shape index (κ2) is 19.4. The Bertz CT molecular complexity index is 4860. The molecule has 0 atom stereocenters. The summed E-state index contributed by atoms with van der Waals surface area (Å²) in [4.78, 5) is 0. The van der Waals surface area contributed by atoms with Gasteiger partial charge in [-0.05, 0) is 202 Å². The van der Waals surface area contributed by atoms with Crippen LogP contribution in [0.4, 0.5) is 0 Å². The number of hydrogen-bond donors (Lipinski definition) is 0. The Balaban J connectivity index is 1.16. The van der Waals surface area contributed by atoms with Gasteiger partial charge in [-0.1, -0.05) is 268 Å². The van der Waals surface area contributed by atoms with Gasteiger partial charge in [0.05, 0.1) is 0 Å². The van der Waals surface area contributed by atoms with E-state index in [1.807, 2.05) is 12.2 Å². The summed E-state index contributed by atoms with van der Waals surface area (Å²) in [5, 5.41) is 14.9. The molecule has 0 spiro atoms. The van der Waals surface area contributed by atoms with Crippen LogP contribution in [0.5, 0.6) is 0 Å². The van der Waals surface area contributed by atoms with Crippen molar-refractivity contribution in [2.45, 2.75) is 12.8 Å². The Labute approximate surface area is 467 Å². The minimum absolute atomic E-state index is 1.02. The molecule has 0 unspecified atom stereocenters. The van der Waals surface area contributed by atoms with Gasteiger partial charge in [0, 0.05) is 0 Å². The highest BCUT2D eigenvalue weighted by atomic mass is 14.3. The summed E-state index contributed by atoms with van der Waals surface area (Å²) in [6, 6.07) is 90.9. The van der Waals surface area contributed by atoms with E-state index in [1.165, 1.54) is 154 Å². The number of hydrogen-bond acceptors (Lipinski definition) is 0. The Hall–Kier alpha value is -10.1. The molecular weight excluding hydrogens is 961 g/mol. The largest absolute Gasteiger partial charge is 0.0990 e. The predicted octanol–water partition coefficient (Wildman–Crippen LogP) is 22.6. The van der Waals surface area contributed by atoms with Gasteiger partial charge in [-0.2, -0.15) is 0 Å². The Morgan fingerprint density at radius 1 is 0.300 bits per heavy atom. The number of allylic oxidation sites excluding steroid dienone is 8. The summed E-state index contributed by atoms with van der Waals surface area (Å²) in [6.07, 6.45) is 15.1. The average molecular weight is 1020 g/mol. The lowest BCUT2D eigenvalue weighted by atomic mass is 9.78. The molecule has 1 aliphatic rings. The van der Waals surface area contributed by atoms with Crippen molar-refractivity contribution < 1.29 is 0 Å². The standard InChI is InChI=1S/C80H54/c1-3-24-51(4-2)69-47-71(61-37-22-20-35-57(61)52-25-10-5-11-26-52)75-49-73(67-41-39-59(54-29-14-7-15-30-54)63-43-45-65(69)79(75)77(63)67)74-50-76-72(62-38-23-21-36-58(62)53-27-12-6-13-28-53)48-70(56-33-18-9-19-34-56)66-46-44-64-60(55-31-16-8-17-32-55)40-42-68(74)78(64)80(66)76/h3-6,8-14,16-50H,1-2,7,15H2/b51-24+. The lowest BCUT2D eigenvalue weighted by molar-refractivity contribution is 1.04. The summed E-state index contributed by atoms with van der Waals surface area (Å²) in [5.41, 5.74) is 21.5. The van der Waals surface area contributed by atoms with Crippen molar-refractivity contribution in [3.63, 3.8) is 0 Å². The van der Waals surface area contributed by atoms with Crippen molar-refractivity contribution >= 4 is 75.8 Å². The van der Waals surface area contributed by atoms with Crippen molar-refractivity contribution in [2.75, 3.05) is 0 Å². The van der Waals surface area contributed by atoms with Crippen molar-refractivity contribution in [3.05, 3.63) is 303 Å². The summed E-state index contributed by atoms with van der Waals surface area (Å²) in [5.74, 6) is 0. The van der Waals surface area contributed by atoms with Crippen LogP contribution < -0.4 is 0 Å². The molecule has 0 saturated carbocycles. The summed E-state index contributed by atoms with van der Waals surface area (Å²) in [6.45, 7) is 8.59. The van der Waals surface area contributed by atoms with Crippen LogP contribution in [0.15, 0.2) is 292 Å². The van der Waals surface area contributed by atoms with Crippen LogP contribution in [0, 0.1) is 0 Å². The third kappa shape index (κ3) is 7.52. The van der Waals surface area contributed by atoms with E-state index in [2.05, 4.69) is 280 Å². The predicted molar refractivity (Wildman–Crippen MR) is 347 cm³/mol. The molecule has 14 aromatic carbocycles. The molecule has 0 heterocycles. The first kappa shape index (κ1) is 47.1. The Morgan fingerprint density at radius 2 is 0.688 bits per heavy atom. The fourth-order valence-electron chi connectivity index (χ4n) is 13.5. The van der Waals surface area contributed by atoms with Crippen molar-refractivity contribution in [1.29, 1.82) is 0 Å². The number of benzene rings is 14. The zero-order valence-electron chi connectivity index (χ0n) is 44.4. The van der Waals surface area contributed by atoms with Gasteiger partial charge in [0.1, 0.15) is 0 Å². The van der Waals surface area contributed by atoms with Gasteiger partial charge in [-0.25, -0.2) is 0 Å². The molecule has 14 aromatic rings.